The molecular formula is C21H29N3O3. The monoisotopic (exact) mass is 371 g/mol. The molecule has 0 saturated carbocycles. The number of para-hydroxylation sites is 1. The number of nitrogens with zero attached hydrogens (tertiary/aromatic N) is 1. The molecule has 1 aromatic carbocycles. The third-order valence-corrected chi connectivity index (χ3v) is 4.36. The van der Waals surface area contributed by atoms with Crippen molar-refractivity contribution < 1.29 is 14.3 Å². The molecular weight excluding hydrogens is 342 g/mol. The number of nitrogens with one attached hydrogen (secondary N) is 2. The van der Waals surface area contributed by atoms with Crippen LogP contribution in [0.2, 0.25) is 0 Å². The van der Waals surface area contributed by atoms with Crippen LogP contribution in [0.15, 0.2) is 30.3 Å². The highest BCUT2D eigenvalue weighted by molar-refractivity contribution is 6.00. The number of anilines is 1. The van der Waals surface area contributed by atoms with Gasteiger partial charge in [0, 0.05) is 31.5 Å². The van der Waals surface area contributed by atoms with E-state index in [2.05, 4.69) is 27.3 Å². The van der Waals surface area contributed by atoms with Crippen molar-refractivity contribution in [2.75, 3.05) is 25.0 Å². The number of hydrogen-bond donors (Lipinski definition) is 2. The lowest BCUT2D eigenvalue weighted by molar-refractivity contribution is 0.0376. The van der Waals surface area contributed by atoms with Crippen LogP contribution >= 0.6 is 0 Å². The van der Waals surface area contributed by atoms with Crippen LogP contribution in [0.1, 0.15) is 52.4 Å². The Hall–Kier alpha value is -2.76. The zero-order valence-corrected chi connectivity index (χ0v) is 16.8. The van der Waals surface area contributed by atoms with Gasteiger partial charge in [-0.3, -0.25) is 4.79 Å². The largest absolute Gasteiger partial charge is 0.459 e. The fourth-order valence-corrected chi connectivity index (χ4v) is 2.97. The molecule has 2 N–H and O–H groups in total. The molecule has 0 aliphatic heterocycles. The van der Waals surface area contributed by atoms with Crippen molar-refractivity contribution >= 4 is 17.6 Å². The van der Waals surface area contributed by atoms with Gasteiger partial charge in [-0.25, -0.2) is 4.79 Å². The van der Waals surface area contributed by atoms with E-state index in [1.165, 1.54) is 0 Å². The fourth-order valence-electron chi connectivity index (χ4n) is 2.97. The lowest BCUT2D eigenvalue weighted by Crippen LogP contribution is -2.28. The first-order valence-electron chi connectivity index (χ1n) is 9.25. The minimum atomic E-state index is -0.403. The molecule has 1 aromatic heterocycles. The van der Waals surface area contributed by atoms with E-state index in [4.69, 9.17) is 4.74 Å². The van der Waals surface area contributed by atoms with Gasteiger partial charge in [-0.1, -0.05) is 18.2 Å². The average Bonchev–Trinajstić information content (AvgIpc) is 2.93. The number of hydrogen-bond acceptors (Lipinski definition) is 4. The third-order valence-electron chi connectivity index (χ3n) is 4.36. The number of esters is 1. The summed E-state index contributed by atoms with van der Waals surface area (Å²) in [6.07, 6.45) is 0.614. The fraction of sp³-hybridized carbons (Fsp3) is 0.429. The van der Waals surface area contributed by atoms with E-state index in [1.807, 2.05) is 25.2 Å². The Labute approximate surface area is 160 Å². The molecule has 1 heterocycles. The second-order valence-corrected chi connectivity index (χ2v) is 6.95. The maximum atomic E-state index is 12.5. The number of ether oxygens (including phenoxy) is 1. The normalized spacial score (nSPS) is 10.7. The Morgan fingerprint density at radius 2 is 1.85 bits per heavy atom. The number of aromatic amines is 1. The molecule has 0 atom stereocenters. The highest BCUT2D eigenvalue weighted by Crippen LogP contribution is 2.19. The topological polar surface area (TPSA) is 74.4 Å². The lowest BCUT2D eigenvalue weighted by Gasteiger charge is -2.19. The molecule has 2 rings (SSSR count). The zero-order valence-electron chi connectivity index (χ0n) is 16.8. The van der Waals surface area contributed by atoms with E-state index in [9.17, 15) is 9.59 Å². The van der Waals surface area contributed by atoms with Crippen molar-refractivity contribution in [2.45, 2.75) is 40.2 Å². The molecule has 6 nitrogen and oxygen atoms in total. The molecule has 146 valence electrons. The maximum Gasteiger partial charge on any atom is 0.340 e. The van der Waals surface area contributed by atoms with E-state index in [-0.39, 0.29) is 12.0 Å². The first-order valence-corrected chi connectivity index (χ1v) is 9.25. The predicted octanol–water partition coefficient (Wildman–Crippen LogP) is 3.45. The molecule has 0 saturated heterocycles. The molecule has 2 aromatic rings. The van der Waals surface area contributed by atoms with E-state index < -0.39 is 5.97 Å². The first-order chi connectivity index (χ1) is 12.8. The predicted molar refractivity (Wildman–Crippen MR) is 107 cm³/mol. The standard InChI is InChI=1S/C21H29N3O3/c1-14(2)27-21(26)18-15(3)19(23-16(18)4)20(25)22-12-9-13-24(5)17-10-7-6-8-11-17/h6-8,10-11,14,23H,9,12-13H2,1-5H3,(H,22,25). The van der Waals surface area contributed by atoms with Gasteiger partial charge in [-0.2, -0.15) is 0 Å². The molecule has 0 aliphatic carbocycles. The Morgan fingerprint density at radius 3 is 2.48 bits per heavy atom. The number of aromatic nitrogens is 1. The number of rotatable bonds is 8. The number of carbonyl (C=O) groups excluding carboxylic acids is 2. The summed E-state index contributed by atoms with van der Waals surface area (Å²) in [5.74, 6) is -0.610. The quantitative estimate of drug-likeness (QED) is 0.550. The van der Waals surface area contributed by atoms with Crippen LogP contribution in [0.4, 0.5) is 5.69 Å². The second-order valence-electron chi connectivity index (χ2n) is 6.95. The van der Waals surface area contributed by atoms with E-state index in [0.717, 1.165) is 18.7 Å². The minimum Gasteiger partial charge on any atom is -0.459 e. The Bertz CT molecular complexity index is 781. The van der Waals surface area contributed by atoms with E-state index >= 15 is 0 Å². The number of carbonyl (C=O) groups is 2. The van der Waals surface area contributed by atoms with Crippen LogP contribution in [0.3, 0.4) is 0 Å². The molecule has 0 fully saturated rings. The molecule has 1 amide bonds. The van der Waals surface area contributed by atoms with Crippen LogP contribution < -0.4 is 10.2 Å². The van der Waals surface area contributed by atoms with Crippen molar-refractivity contribution in [3.8, 4) is 0 Å². The van der Waals surface area contributed by atoms with Gasteiger partial charge in [0.25, 0.3) is 5.91 Å². The van der Waals surface area contributed by atoms with Gasteiger partial charge in [0.15, 0.2) is 0 Å². The number of amides is 1. The van der Waals surface area contributed by atoms with Crippen LogP contribution in [-0.2, 0) is 4.74 Å². The van der Waals surface area contributed by atoms with Crippen molar-refractivity contribution in [3.63, 3.8) is 0 Å². The number of benzene rings is 1. The van der Waals surface area contributed by atoms with Gasteiger partial charge >= 0.3 is 5.97 Å². The van der Waals surface area contributed by atoms with Crippen LogP contribution in [0.5, 0.6) is 0 Å². The molecule has 0 aliphatic rings. The lowest BCUT2D eigenvalue weighted by atomic mass is 10.1. The van der Waals surface area contributed by atoms with Gasteiger partial charge < -0.3 is 19.9 Å². The van der Waals surface area contributed by atoms with Gasteiger partial charge in [-0.15, -0.1) is 0 Å². The van der Waals surface area contributed by atoms with Gasteiger partial charge in [0.2, 0.25) is 0 Å². The van der Waals surface area contributed by atoms with E-state index in [0.29, 0.717) is 29.1 Å². The summed E-state index contributed by atoms with van der Waals surface area (Å²) in [6.45, 7) is 8.52. The average molecular weight is 371 g/mol. The molecule has 0 radical (unpaired) electrons. The van der Waals surface area contributed by atoms with Gasteiger partial charge in [0.1, 0.15) is 5.69 Å². The molecule has 6 heteroatoms. The zero-order chi connectivity index (χ0) is 20.0. The Balaban J connectivity index is 1.90. The van der Waals surface area contributed by atoms with Crippen LogP contribution in [-0.4, -0.2) is 43.1 Å². The number of H-pyrrole nitrogens is 1. The third kappa shape index (κ3) is 5.36. The summed E-state index contributed by atoms with van der Waals surface area (Å²) in [4.78, 5) is 29.9. The van der Waals surface area contributed by atoms with Gasteiger partial charge in [-0.05, 0) is 51.8 Å². The smallest absolute Gasteiger partial charge is 0.340 e. The summed E-state index contributed by atoms with van der Waals surface area (Å²) in [6, 6.07) is 10.1. The second kappa shape index (κ2) is 9.26. The molecule has 0 spiro atoms. The van der Waals surface area contributed by atoms with E-state index in [1.54, 1.807) is 27.7 Å². The molecule has 27 heavy (non-hydrogen) atoms. The van der Waals surface area contributed by atoms with Crippen molar-refractivity contribution in [1.29, 1.82) is 0 Å². The van der Waals surface area contributed by atoms with Crippen molar-refractivity contribution in [1.82, 2.24) is 10.3 Å². The molecule has 0 unspecified atom stereocenters. The Morgan fingerprint density at radius 1 is 1.19 bits per heavy atom. The minimum absolute atomic E-state index is 0.204. The highest BCUT2D eigenvalue weighted by atomic mass is 16.5. The molecule has 0 bridgehead atoms. The maximum absolute atomic E-state index is 12.5. The SMILES string of the molecule is Cc1[nH]c(C(=O)NCCCN(C)c2ccccc2)c(C)c1C(=O)OC(C)C. The summed E-state index contributed by atoms with van der Waals surface area (Å²) >= 11 is 0. The van der Waals surface area contributed by atoms with Gasteiger partial charge in [0.05, 0.1) is 11.7 Å². The Kier molecular flexibility index (Phi) is 7.05. The summed E-state index contributed by atoms with van der Waals surface area (Å²) in [7, 11) is 2.03. The first kappa shape index (κ1) is 20.6. The summed E-state index contributed by atoms with van der Waals surface area (Å²) in [5, 5.41) is 2.92. The highest BCUT2D eigenvalue weighted by Gasteiger charge is 2.23. The summed E-state index contributed by atoms with van der Waals surface area (Å²) < 4.78 is 5.26. The van der Waals surface area contributed by atoms with Crippen LogP contribution in [0.25, 0.3) is 0 Å². The van der Waals surface area contributed by atoms with Crippen molar-refractivity contribution in [3.05, 3.63) is 52.8 Å². The van der Waals surface area contributed by atoms with Crippen molar-refractivity contribution in [2.24, 2.45) is 0 Å². The summed E-state index contributed by atoms with van der Waals surface area (Å²) in [5.41, 5.74) is 3.27. The van der Waals surface area contributed by atoms with Crippen LogP contribution in [0, 0.1) is 13.8 Å². The number of aryl methyl sites for hydroxylation is 1.